The molecule has 27 heavy (non-hydrogen) atoms. The number of carbonyl (C=O) groups excluding carboxylic acids is 1. The number of hydrogen-bond acceptors (Lipinski definition) is 4. The minimum absolute atomic E-state index is 0. The third kappa shape index (κ3) is 4.65. The molecule has 2 fully saturated rings. The molecule has 3 atom stereocenters. The molecule has 152 valence electrons. The van der Waals surface area contributed by atoms with Gasteiger partial charge in [-0.25, -0.2) is 13.1 Å². The highest BCUT2D eigenvalue weighted by molar-refractivity contribution is 7.89. The van der Waals surface area contributed by atoms with Gasteiger partial charge in [0.25, 0.3) is 0 Å². The van der Waals surface area contributed by atoms with E-state index in [4.69, 9.17) is 5.73 Å². The molecule has 6 nitrogen and oxygen atoms in total. The van der Waals surface area contributed by atoms with Crippen LogP contribution < -0.4 is 10.5 Å². The van der Waals surface area contributed by atoms with E-state index in [1.807, 2.05) is 24.0 Å². The maximum atomic E-state index is 12.6. The Morgan fingerprint density at radius 2 is 1.81 bits per heavy atom. The molecule has 1 heterocycles. The standard InChI is InChI=1S/C19H29N3O3S.ClH/c1-12-8-13(2)19(14(3)9-12)26(24,25)21-7-6-18(23)22-10-15-4-5-17(20)16(15)11-22;/h8-9,15-17,21H,4-7,10-11,20H2,1-3H3;1H. The van der Waals surface area contributed by atoms with Gasteiger partial charge in [0.1, 0.15) is 0 Å². The normalized spacial score (nSPS) is 24.6. The number of aryl methyl sites for hydroxylation is 3. The van der Waals surface area contributed by atoms with Crippen LogP contribution in [0.5, 0.6) is 0 Å². The molecule has 0 bridgehead atoms. The van der Waals surface area contributed by atoms with Crippen LogP contribution in [0.1, 0.15) is 36.0 Å². The lowest BCUT2D eigenvalue weighted by molar-refractivity contribution is -0.130. The maximum absolute atomic E-state index is 12.6. The van der Waals surface area contributed by atoms with Crippen LogP contribution in [0.15, 0.2) is 17.0 Å². The van der Waals surface area contributed by atoms with Gasteiger partial charge in [0.05, 0.1) is 4.90 Å². The quantitative estimate of drug-likeness (QED) is 0.768. The molecule has 1 saturated heterocycles. The molecule has 3 rings (SSSR count). The van der Waals surface area contributed by atoms with Crippen LogP contribution in [0.3, 0.4) is 0 Å². The first-order chi connectivity index (χ1) is 12.2. The highest BCUT2D eigenvalue weighted by Crippen LogP contribution is 2.37. The van der Waals surface area contributed by atoms with E-state index in [2.05, 4.69) is 4.72 Å². The predicted octanol–water partition coefficient (Wildman–Crippen LogP) is 1.90. The highest BCUT2D eigenvalue weighted by Gasteiger charge is 2.42. The van der Waals surface area contributed by atoms with Crippen LogP contribution in [0.25, 0.3) is 0 Å². The Morgan fingerprint density at radius 1 is 1.19 bits per heavy atom. The van der Waals surface area contributed by atoms with Crippen molar-refractivity contribution < 1.29 is 13.2 Å². The summed E-state index contributed by atoms with van der Waals surface area (Å²) in [4.78, 5) is 14.6. The van der Waals surface area contributed by atoms with Gasteiger partial charge in [0, 0.05) is 32.1 Å². The summed E-state index contributed by atoms with van der Waals surface area (Å²) >= 11 is 0. The van der Waals surface area contributed by atoms with Gasteiger partial charge in [0.15, 0.2) is 0 Å². The zero-order valence-corrected chi connectivity index (χ0v) is 17.8. The van der Waals surface area contributed by atoms with E-state index in [9.17, 15) is 13.2 Å². The molecule has 1 aromatic carbocycles. The van der Waals surface area contributed by atoms with Gasteiger partial charge >= 0.3 is 0 Å². The van der Waals surface area contributed by atoms with E-state index < -0.39 is 10.0 Å². The molecule has 1 aromatic rings. The molecule has 1 aliphatic heterocycles. The van der Waals surface area contributed by atoms with Crippen molar-refractivity contribution in [1.82, 2.24) is 9.62 Å². The number of benzene rings is 1. The summed E-state index contributed by atoms with van der Waals surface area (Å²) in [5.74, 6) is 0.934. The fourth-order valence-electron chi connectivity index (χ4n) is 4.62. The first kappa shape index (κ1) is 22.1. The largest absolute Gasteiger partial charge is 0.342 e. The molecule has 2 aliphatic rings. The molecule has 0 spiro atoms. The third-order valence-electron chi connectivity index (χ3n) is 5.77. The van der Waals surface area contributed by atoms with Crippen LogP contribution in [-0.4, -0.2) is 44.9 Å². The molecule has 1 saturated carbocycles. The average Bonchev–Trinajstić information content (AvgIpc) is 3.08. The van der Waals surface area contributed by atoms with E-state index in [1.165, 1.54) is 0 Å². The topological polar surface area (TPSA) is 92.5 Å². The number of nitrogens with zero attached hydrogens (tertiary/aromatic N) is 1. The summed E-state index contributed by atoms with van der Waals surface area (Å²) in [6.45, 7) is 7.14. The molecule has 0 radical (unpaired) electrons. The number of fused-ring (bicyclic) bond motifs is 1. The number of nitrogens with one attached hydrogen (secondary N) is 1. The monoisotopic (exact) mass is 415 g/mol. The van der Waals surface area contributed by atoms with E-state index in [1.54, 1.807) is 13.8 Å². The van der Waals surface area contributed by atoms with Crippen molar-refractivity contribution in [2.24, 2.45) is 17.6 Å². The number of amides is 1. The van der Waals surface area contributed by atoms with E-state index >= 15 is 0 Å². The molecule has 3 N–H and O–H groups in total. The minimum Gasteiger partial charge on any atom is -0.342 e. The number of halogens is 1. The summed E-state index contributed by atoms with van der Waals surface area (Å²) < 4.78 is 27.9. The van der Waals surface area contributed by atoms with Crippen molar-refractivity contribution in [2.45, 2.75) is 51.0 Å². The Kier molecular flexibility index (Phi) is 6.95. The van der Waals surface area contributed by atoms with Gasteiger partial charge < -0.3 is 10.6 Å². The van der Waals surface area contributed by atoms with E-state index in [0.29, 0.717) is 23.3 Å². The number of likely N-dealkylation sites (tertiary alicyclic amines) is 1. The van der Waals surface area contributed by atoms with Crippen molar-refractivity contribution in [3.8, 4) is 0 Å². The Labute approximate surface area is 168 Å². The van der Waals surface area contributed by atoms with Crippen molar-refractivity contribution in [3.05, 3.63) is 28.8 Å². The Balaban J connectivity index is 0.00000261. The van der Waals surface area contributed by atoms with Gasteiger partial charge in [-0.15, -0.1) is 12.4 Å². The summed E-state index contributed by atoms with van der Waals surface area (Å²) in [6, 6.07) is 3.92. The van der Waals surface area contributed by atoms with Crippen LogP contribution in [0, 0.1) is 32.6 Å². The summed E-state index contributed by atoms with van der Waals surface area (Å²) in [6.07, 6.45) is 2.32. The van der Waals surface area contributed by atoms with Gasteiger partial charge in [-0.1, -0.05) is 17.7 Å². The minimum atomic E-state index is -3.62. The molecular weight excluding hydrogens is 386 g/mol. The number of rotatable bonds is 5. The van der Waals surface area contributed by atoms with Gasteiger partial charge in [-0.3, -0.25) is 4.79 Å². The molecular formula is C19H30ClN3O3S. The lowest BCUT2D eigenvalue weighted by atomic mass is 9.98. The molecule has 8 heteroatoms. The molecule has 1 amide bonds. The summed E-state index contributed by atoms with van der Waals surface area (Å²) in [7, 11) is -3.62. The van der Waals surface area contributed by atoms with Crippen molar-refractivity contribution in [2.75, 3.05) is 19.6 Å². The smallest absolute Gasteiger partial charge is 0.241 e. The van der Waals surface area contributed by atoms with Crippen molar-refractivity contribution in [3.63, 3.8) is 0 Å². The maximum Gasteiger partial charge on any atom is 0.241 e. The van der Waals surface area contributed by atoms with E-state index in [-0.39, 0.29) is 37.3 Å². The Morgan fingerprint density at radius 3 is 2.41 bits per heavy atom. The van der Waals surface area contributed by atoms with Gasteiger partial charge in [0.2, 0.25) is 15.9 Å². The number of sulfonamides is 1. The zero-order valence-electron chi connectivity index (χ0n) is 16.2. The fraction of sp³-hybridized carbons (Fsp3) is 0.632. The average molecular weight is 416 g/mol. The lowest BCUT2D eigenvalue weighted by Gasteiger charge is -2.19. The van der Waals surface area contributed by atoms with Crippen LogP contribution in [0.4, 0.5) is 0 Å². The zero-order chi connectivity index (χ0) is 19.1. The van der Waals surface area contributed by atoms with E-state index in [0.717, 1.165) is 36.1 Å². The van der Waals surface area contributed by atoms with Crippen molar-refractivity contribution in [1.29, 1.82) is 0 Å². The lowest BCUT2D eigenvalue weighted by Crippen LogP contribution is -2.35. The Hall–Kier alpha value is -1.15. The highest BCUT2D eigenvalue weighted by atomic mass is 35.5. The number of carbonyl (C=O) groups is 1. The van der Waals surface area contributed by atoms with Gasteiger partial charge in [-0.05, 0) is 56.6 Å². The number of hydrogen-bond donors (Lipinski definition) is 2. The van der Waals surface area contributed by atoms with Gasteiger partial charge in [-0.2, -0.15) is 0 Å². The molecule has 3 unspecified atom stereocenters. The fourth-order valence-corrected chi connectivity index (χ4v) is 6.11. The first-order valence-electron chi connectivity index (χ1n) is 9.30. The second-order valence-corrected chi connectivity index (χ2v) is 9.54. The SMILES string of the molecule is Cc1cc(C)c(S(=O)(=O)NCCC(=O)N2CC3CCC(N)C3C2)c(C)c1.Cl. The first-order valence-corrected chi connectivity index (χ1v) is 10.8. The third-order valence-corrected chi connectivity index (χ3v) is 7.53. The van der Waals surface area contributed by atoms with Crippen LogP contribution in [0.2, 0.25) is 0 Å². The molecule has 1 aliphatic carbocycles. The van der Waals surface area contributed by atoms with Crippen molar-refractivity contribution >= 4 is 28.3 Å². The Bertz CT molecular complexity index is 789. The summed E-state index contributed by atoms with van der Waals surface area (Å²) in [5, 5.41) is 0. The van der Waals surface area contributed by atoms with Crippen LogP contribution in [-0.2, 0) is 14.8 Å². The molecule has 0 aromatic heterocycles. The second kappa shape index (κ2) is 8.47. The van der Waals surface area contributed by atoms with Crippen LogP contribution >= 0.6 is 12.4 Å². The number of nitrogens with two attached hydrogens (primary N) is 1. The second-order valence-electron chi connectivity index (χ2n) is 7.84. The summed E-state index contributed by atoms with van der Waals surface area (Å²) in [5.41, 5.74) is 8.60. The predicted molar refractivity (Wildman–Crippen MR) is 108 cm³/mol.